The number of nitro benzene ring substituents is 1. The molecule has 0 amide bonds. The number of aliphatic hydroxyl groups is 1. The molecule has 1 rings (SSSR count). The van der Waals surface area contributed by atoms with Crippen molar-refractivity contribution in [2.24, 2.45) is 0 Å². The number of hydrogen-bond donors (Lipinski definition) is 2. The molecule has 1 aromatic carbocycles. The van der Waals surface area contributed by atoms with E-state index in [2.05, 4.69) is 5.32 Å². The van der Waals surface area contributed by atoms with Crippen LogP contribution in [0.1, 0.15) is 32.3 Å². The van der Waals surface area contributed by atoms with Crippen LogP contribution in [0, 0.1) is 10.1 Å². The fourth-order valence-electron chi connectivity index (χ4n) is 2.06. The molecule has 0 aliphatic rings. The summed E-state index contributed by atoms with van der Waals surface area (Å²) in [5.41, 5.74) is 0.404. The standard InChI is InChI=1S/C14H22N2O4/c1-4-14(5-2,10-17)15-9-11-6-7-13(20-3)12(8-11)16(18)19/h6-8,15,17H,4-5,9-10H2,1-3H3. The summed E-state index contributed by atoms with van der Waals surface area (Å²) in [6, 6.07) is 4.87. The first-order valence-corrected chi connectivity index (χ1v) is 6.69. The molecule has 112 valence electrons. The van der Waals surface area contributed by atoms with Crippen LogP contribution in [0.4, 0.5) is 5.69 Å². The van der Waals surface area contributed by atoms with E-state index in [1.165, 1.54) is 13.2 Å². The fourth-order valence-corrected chi connectivity index (χ4v) is 2.06. The van der Waals surface area contributed by atoms with Gasteiger partial charge in [-0.3, -0.25) is 10.1 Å². The molecule has 0 saturated carbocycles. The highest BCUT2D eigenvalue weighted by molar-refractivity contribution is 5.48. The highest BCUT2D eigenvalue weighted by atomic mass is 16.6. The Balaban J connectivity index is 2.88. The second-order valence-electron chi connectivity index (χ2n) is 4.76. The van der Waals surface area contributed by atoms with Crippen LogP contribution in [0.25, 0.3) is 0 Å². The van der Waals surface area contributed by atoms with Gasteiger partial charge in [-0.05, 0) is 24.5 Å². The van der Waals surface area contributed by atoms with Crippen molar-refractivity contribution >= 4 is 5.69 Å². The Labute approximate surface area is 118 Å². The summed E-state index contributed by atoms with van der Waals surface area (Å²) in [5.74, 6) is 0.248. The Morgan fingerprint density at radius 2 is 2.05 bits per heavy atom. The predicted molar refractivity (Wildman–Crippen MR) is 76.9 cm³/mol. The number of rotatable bonds is 8. The van der Waals surface area contributed by atoms with Crippen LogP contribution in [-0.2, 0) is 6.54 Å². The molecule has 0 radical (unpaired) electrons. The lowest BCUT2D eigenvalue weighted by Crippen LogP contribution is -2.47. The lowest BCUT2D eigenvalue weighted by Gasteiger charge is -2.31. The van der Waals surface area contributed by atoms with E-state index in [1.807, 2.05) is 13.8 Å². The average Bonchev–Trinajstić information content (AvgIpc) is 2.49. The van der Waals surface area contributed by atoms with Crippen molar-refractivity contribution in [3.05, 3.63) is 33.9 Å². The van der Waals surface area contributed by atoms with E-state index >= 15 is 0 Å². The Morgan fingerprint density at radius 1 is 1.40 bits per heavy atom. The predicted octanol–water partition coefficient (Wildman–Crippen LogP) is 2.24. The van der Waals surface area contributed by atoms with Crippen LogP contribution in [0.15, 0.2) is 18.2 Å². The van der Waals surface area contributed by atoms with Crippen LogP contribution >= 0.6 is 0 Å². The monoisotopic (exact) mass is 282 g/mol. The molecule has 0 bridgehead atoms. The molecule has 0 aromatic heterocycles. The molecule has 0 aliphatic heterocycles. The number of benzene rings is 1. The first-order valence-electron chi connectivity index (χ1n) is 6.69. The van der Waals surface area contributed by atoms with Gasteiger partial charge >= 0.3 is 5.69 Å². The van der Waals surface area contributed by atoms with E-state index in [0.29, 0.717) is 6.54 Å². The van der Waals surface area contributed by atoms with E-state index in [-0.39, 0.29) is 23.6 Å². The maximum Gasteiger partial charge on any atom is 0.311 e. The van der Waals surface area contributed by atoms with Gasteiger partial charge in [-0.15, -0.1) is 0 Å². The van der Waals surface area contributed by atoms with Crippen LogP contribution in [0.3, 0.4) is 0 Å². The van der Waals surface area contributed by atoms with Gasteiger partial charge in [0, 0.05) is 18.2 Å². The molecule has 1 aromatic rings. The summed E-state index contributed by atoms with van der Waals surface area (Å²) in [4.78, 5) is 10.5. The van der Waals surface area contributed by atoms with E-state index in [4.69, 9.17) is 4.74 Å². The van der Waals surface area contributed by atoms with Crippen molar-refractivity contribution in [3.8, 4) is 5.75 Å². The first-order chi connectivity index (χ1) is 9.51. The molecule has 0 atom stereocenters. The molecular formula is C14H22N2O4. The summed E-state index contributed by atoms with van der Waals surface area (Å²) >= 11 is 0. The fraction of sp³-hybridized carbons (Fsp3) is 0.571. The van der Waals surface area contributed by atoms with Crippen molar-refractivity contribution in [2.45, 2.75) is 38.8 Å². The van der Waals surface area contributed by atoms with Gasteiger partial charge in [0.1, 0.15) is 0 Å². The highest BCUT2D eigenvalue weighted by Gasteiger charge is 2.24. The molecule has 0 heterocycles. The van der Waals surface area contributed by atoms with Crippen molar-refractivity contribution in [1.82, 2.24) is 5.32 Å². The molecule has 0 spiro atoms. The van der Waals surface area contributed by atoms with Gasteiger partial charge in [0.25, 0.3) is 0 Å². The second kappa shape index (κ2) is 7.21. The van der Waals surface area contributed by atoms with Crippen molar-refractivity contribution in [2.75, 3.05) is 13.7 Å². The third-order valence-corrected chi connectivity index (χ3v) is 3.76. The zero-order valence-electron chi connectivity index (χ0n) is 12.2. The molecule has 6 nitrogen and oxygen atoms in total. The molecule has 0 saturated heterocycles. The van der Waals surface area contributed by atoms with Gasteiger partial charge in [-0.25, -0.2) is 0 Å². The van der Waals surface area contributed by atoms with Gasteiger partial charge in [-0.2, -0.15) is 0 Å². The second-order valence-corrected chi connectivity index (χ2v) is 4.76. The summed E-state index contributed by atoms with van der Waals surface area (Å²) < 4.78 is 4.97. The largest absolute Gasteiger partial charge is 0.490 e. The molecule has 20 heavy (non-hydrogen) atoms. The van der Waals surface area contributed by atoms with Crippen LogP contribution < -0.4 is 10.1 Å². The number of methoxy groups -OCH3 is 1. The lowest BCUT2D eigenvalue weighted by atomic mass is 9.93. The van der Waals surface area contributed by atoms with Gasteiger partial charge in [0.15, 0.2) is 5.75 Å². The summed E-state index contributed by atoms with van der Waals surface area (Å²) in [6.07, 6.45) is 1.58. The van der Waals surface area contributed by atoms with Gasteiger partial charge in [-0.1, -0.05) is 19.9 Å². The maximum absolute atomic E-state index is 11.0. The normalized spacial score (nSPS) is 11.4. The summed E-state index contributed by atoms with van der Waals surface area (Å²) in [6.45, 7) is 4.51. The van der Waals surface area contributed by atoms with Crippen LogP contribution in [-0.4, -0.2) is 29.3 Å². The molecule has 0 fully saturated rings. The maximum atomic E-state index is 11.0. The van der Waals surface area contributed by atoms with Crippen molar-refractivity contribution < 1.29 is 14.8 Å². The number of hydrogen-bond acceptors (Lipinski definition) is 5. The van der Waals surface area contributed by atoms with Crippen molar-refractivity contribution in [1.29, 1.82) is 0 Å². The van der Waals surface area contributed by atoms with Crippen molar-refractivity contribution in [3.63, 3.8) is 0 Å². The zero-order chi connectivity index (χ0) is 15.2. The quantitative estimate of drug-likeness (QED) is 0.564. The number of nitro groups is 1. The number of nitrogens with zero attached hydrogens (tertiary/aromatic N) is 1. The first kappa shape index (κ1) is 16.4. The smallest absolute Gasteiger partial charge is 0.311 e. The number of aliphatic hydroxyl groups excluding tert-OH is 1. The van der Waals surface area contributed by atoms with E-state index < -0.39 is 4.92 Å². The van der Waals surface area contributed by atoms with Crippen LogP contribution in [0.5, 0.6) is 5.75 Å². The lowest BCUT2D eigenvalue weighted by molar-refractivity contribution is -0.385. The zero-order valence-corrected chi connectivity index (χ0v) is 12.2. The van der Waals surface area contributed by atoms with E-state index in [9.17, 15) is 15.2 Å². The molecular weight excluding hydrogens is 260 g/mol. The van der Waals surface area contributed by atoms with Gasteiger partial charge < -0.3 is 15.2 Å². The molecule has 0 aliphatic carbocycles. The molecule has 2 N–H and O–H groups in total. The SMILES string of the molecule is CCC(CC)(CO)NCc1ccc(OC)c([N+](=O)[O-])c1. The minimum atomic E-state index is -0.457. The van der Waals surface area contributed by atoms with E-state index in [0.717, 1.165) is 18.4 Å². The third-order valence-electron chi connectivity index (χ3n) is 3.76. The van der Waals surface area contributed by atoms with Crippen LogP contribution in [0.2, 0.25) is 0 Å². The number of nitrogens with one attached hydrogen (secondary N) is 1. The Kier molecular flexibility index (Phi) is 5.91. The Hall–Kier alpha value is -1.66. The minimum absolute atomic E-state index is 0.0399. The van der Waals surface area contributed by atoms with E-state index in [1.54, 1.807) is 12.1 Å². The topological polar surface area (TPSA) is 84.6 Å². The number of ether oxygens (including phenoxy) is 1. The van der Waals surface area contributed by atoms with Gasteiger partial charge in [0.2, 0.25) is 0 Å². The minimum Gasteiger partial charge on any atom is -0.490 e. The highest BCUT2D eigenvalue weighted by Crippen LogP contribution is 2.27. The Morgan fingerprint density at radius 3 is 2.50 bits per heavy atom. The molecule has 0 unspecified atom stereocenters. The molecule has 6 heteroatoms. The third kappa shape index (κ3) is 3.68. The van der Waals surface area contributed by atoms with Gasteiger partial charge in [0.05, 0.1) is 18.6 Å². The average molecular weight is 282 g/mol. The Bertz CT molecular complexity index is 450. The summed E-state index contributed by atoms with van der Waals surface area (Å²) in [5, 5.41) is 23.7. The summed E-state index contributed by atoms with van der Waals surface area (Å²) in [7, 11) is 1.41.